The summed E-state index contributed by atoms with van der Waals surface area (Å²) in [4.78, 5) is 72.4. The van der Waals surface area contributed by atoms with Crippen molar-refractivity contribution in [2.75, 3.05) is 39.6 Å². The number of ether oxygens (including phenoxy) is 4. The van der Waals surface area contributed by atoms with Crippen molar-refractivity contribution >= 4 is 39.5 Å². The number of phosphoric ester groups is 2. The first-order chi connectivity index (χ1) is 42.4. The lowest BCUT2D eigenvalue weighted by Crippen LogP contribution is -2.30. The standard InChI is InChI=1S/C69H134O17P2/c1-7-10-12-14-16-18-20-21-22-23-24-25-26-28-34-41-47-53-68(73)85-64(57-80-67(72)52-46-40-33-30-29-31-37-43-49-61(4)5)59-83-87(75,76)81-55-63(70)56-82-88(77,78)84-60-65(86-69(74)54-48-42-36-35-38-44-50-62(6)9-3)58-79-66(71)51-45-39-32-27-19-17-15-13-11-8-2/h61-65,70H,7-60H2,1-6H3,(H,75,76)(H,77,78)/t62?,63-,64-,65-/m1/s1. The summed E-state index contributed by atoms with van der Waals surface area (Å²) < 4.78 is 68.2. The zero-order valence-electron chi connectivity index (χ0n) is 57.0. The summed E-state index contributed by atoms with van der Waals surface area (Å²) in [6.45, 7) is 9.45. The molecule has 0 aromatic carbocycles. The van der Waals surface area contributed by atoms with E-state index in [0.29, 0.717) is 25.7 Å². The van der Waals surface area contributed by atoms with Crippen LogP contribution in [-0.2, 0) is 65.4 Å². The number of phosphoric acid groups is 2. The quantitative estimate of drug-likeness (QED) is 0.0222. The van der Waals surface area contributed by atoms with Crippen LogP contribution in [0.4, 0.5) is 0 Å². The van der Waals surface area contributed by atoms with E-state index < -0.39 is 97.5 Å². The van der Waals surface area contributed by atoms with E-state index in [1.807, 2.05) is 0 Å². The van der Waals surface area contributed by atoms with Crippen LogP contribution in [0.5, 0.6) is 0 Å². The van der Waals surface area contributed by atoms with Gasteiger partial charge in [-0.25, -0.2) is 9.13 Å². The molecule has 0 aromatic heterocycles. The summed E-state index contributed by atoms with van der Waals surface area (Å²) in [5.74, 6) is -0.682. The second-order valence-electron chi connectivity index (χ2n) is 25.6. The normalized spacial score (nSPS) is 14.5. The smallest absolute Gasteiger partial charge is 0.462 e. The van der Waals surface area contributed by atoms with Gasteiger partial charge in [-0.05, 0) is 37.5 Å². The van der Waals surface area contributed by atoms with Crippen LogP contribution in [0.15, 0.2) is 0 Å². The van der Waals surface area contributed by atoms with Gasteiger partial charge in [-0.3, -0.25) is 37.3 Å². The molecular weight excluding hydrogens is 1160 g/mol. The molecule has 0 spiro atoms. The maximum Gasteiger partial charge on any atom is 0.472 e. The van der Waals surface area contributed by atoms with Crippen molar-refractivity contribution in [3.05, 3.63) is 0 Å². The maximum atomic E-state index is 13.0. The van der Waals surface area contributed by atoms with Gasteiger partial charge in [-0.1, -0.05) is 298 Å². The number of hydrogen-bond acceptors (Lipinski definition) is 15. The Labute approximate surface area is 537 Å². The molecule has 19 heteroatoms. The summed E-state index contributed by atoms with van der Waals surface area (Å²) in [6.07, 6.45) is 45.9. The van der Waals surface area contributed by atoms with Gasteiger partial charge in [0.15, 0.2) is 12.2 Å². The summed E-state index contributed by atoms with van der Waals surface area (Å²) in [7, 11) is -9.90. The van der Waals surface area contributed by atoms with E-state index in [1.54, 1.807) is 0 Å². The molecule has 0 amide bonds. The molecule has 3 N–H and O–H groups in total. The lowest BCUT2D eigenvalue weighted by atomic mass is 10.00. The van der Waals surface area contributed by atoms with Crippen molar-refractivity contribution in [2.24, 2.45) is 11.8 Å². The number of rotatable bonds is 68. The minimum atomic E-state index is -4.95. The molecular formula is C69H134O17P2. The van der Waals surface area contributed by atoms with E-state index in [-0.39, 0.29) is 25.7 Å². The molecule has 0 aliphatic rings. The fraction of sp³-hybridized carbons (Fsp3) is 0.942. The number of hydrogen-bond donors (Lipinski definition) is 3. The summed E-state index contributed by atoms with van der Waals surface area (Å²) >= 11 is 0. The van der Waals surface area contributed by atoms with Crippen LogP contribution in [0, 0.1) is 11.8 Å². The Morgan fingerprint density at radius 3 is 0.864 bits per heavy atom. The van der Waals surface area contributed by atoms with E-state index in [2.05, 4.69) is 41.5 Å². The Bertz CT molecular complexity index is 1720. The average molecular weight is 1300 g/mol. The Hall–Kier alpha value is -1.94. The highest BCUT2D eigenvalue weighted by Gasteiger charge is 2.30. The minimum Gasteiger partial charge on any atom is -0.462 e. The van der Waals surface area contributed by atoms with Crippen molar-refractivity contribution in [1.29, 1.82) is 0 Å². The lowest BCUT2D eigenvalue weighted by molar-refractivity contribution is -0.161. The van der Waals surface area contributed by atoms with Gasteiger partial charge in [0.25, 0.3) is 0 Å². The van der Waals surface area contributed by atoms with Crippen LogP contribution >= 0.6 is 15.6 Å². The fourth-order valence-corrected chi connectivity index (χ4v) is 12.0. The zero-order valence-corrected chi connectivity index (χ0v) is 58.8. The summed E-state index contributed by atoms with van der Waals surface area (Å²) in [5.41, 5.74) is 0. The van der Waals surface area contributed by atoms with E-state index in [4.69, 9.17) is 37.0 Å². The molecule has 0 saturated carbocycles. The van der Waals surface area contributed by atoms with Gasteiger partial charge in [-0.15, -0.1) is 0 Å². The highest BCUT2D eigenvalue weighted by molar-refractivity contribution is 7.47. The van der Waals surface area contributed by atoms with Crippen LogP contribution < -0.4 is 0 Å². The van der Waals surface area contributed by atoms with Gasteiger partial charge in [0.2, 0.25) is 0 Å². The first-order valence-electron chi connectivity index (χ1n) is 36.0. The highest BCUT2D eigenvalue weighted by Crippen LogP contribution is 2.45. The zero-order chi connectivity index (χ0) is 65.0. The third-order valence-corrected chi connectivity index (χ3v) is 18.2. The van der Waals surface area contributed by atoms with Crippen molar-refractivity contribution in [1.82, 2.24) is 0 Å². The van der Waals surface area contributed by atoms with Crippen molar-refractivity contribution in [2.45, 2.75) is 368 Å². The SMILES string of the molecule is CCCCCCCCCCCCCCCCCCCC(=O)O[C@H](COC(=O)CCCCCCCCCCC(C)C)COP(=O)(O)OC[C@@H](O)COP(=O)(O)OC[C@@H](COC(=O)CCCCCCCCCCCC)OC(=O)CCCCCCCCC(C)CC. The van der Waals surface area contributed by atoms with Crippen LogP contribution in [0.3, 0.4) is 0 Å². The van der Waals surface area contributed by atoms with Crippen molar-refractivity contribution < 1.29 is 80.2 Å². The largest absolute Gasteiger partial charge is 0.472 e. The van der Waals surface area contributed by atoms with Crippen molar-refractivity contribution in [3.8, 4) is 0 Å². The first kappa shape index (κ1) is 86.1. The topological polar surface area (TPSA) is 237 Å². The van der Waals surface area contributed by atoms with E-state index in [9.17, 15) is 43.2 Å². The lowest BCUT2D eigenvalue weighted by Gasteiger charge is -2.21. The number of unbranched alkanes of at least 4 members (excludes halogenated alkanes) is 37. The molecule has 0 aromatic rings. The van der Waals surface area contributed by atoms with E-state index in [1.165, 1.54) is 167 Å². The molecule has 0 bridgehead atoms. The molecule has 88 heavy (non-hydrogen) atoms. The third-order valence-electron chi connectivity index (χ3n) is 16.3. The molecule has 6 atom stereocenters. The molecule has 0 fully saturated rings. The Kier molecular flexibility index (Phi) is 59.9. The predicted molar refractivity (Wildman–Crippen MR) is 354 cm³/mol. The predicted octanol–water partition coefficient (Wildman–Crippen LogP) is 19.6. The second-order valence-corrected chi connectivity index (χ2v) is 28.5. The molecule has 0 saturated heterocycles. The molecule has 522 valence electrons. The number of aliphatic hydroxyl groups is 1. The average Bonchev–Trinajstić information content (AvgIpc) is 3.71. The van der Waals surface area contributed by atoms with E-state index in [0.717, 1.165) is 102 Å². The number of carbonyl (C=O) groups is 4. The summed E-state index contributed by atoms with van der Waals surface area (Å²) in [5, 5.41) is 10.6. The first-order valence-corrected chi connectivity index (χ1v) is 39.0. The molecule has 0 aliphatic heterocycles. The van der Waals surface area contributed by atoms with Gasteiger partial charge >= 0.3 is 39.5 Å². The van der Waals surface area contributed by atoms with Gasteiger partial charge < -0.3 is 33.8 Å². The number of aliphatic hydroxyl groups excluding tert-OH is 1. The van der Waals surface area contributed by atoms with Gasteiger partial charge in [0.1, 0.15) is 19.3 Å². The maximum absolute atomic E-state index is 13.0. The van der Waals surface area contributed by atoms with E-state index >= 15 is 0 Å². The van der Waals surface area contributed by atoms with Crippen LogP contribution in [0.25, 0.3) is 0 Å². The Morgan fingerprint density at radius 2 is 0.580 bits per heavy atom. The molecule has 17 nitrogen and oxygen atoms in total. The summed E-state index contributed by atoms with van der Waals surface area (Å²) in [6, 6.07) is 0. The molecule has 0 heterocycles. The highest BCUT2D eigenvalue weighted by atomic mass is 31.2. The minimum absolute atomic E-state index is 0.103. The monoisotopic (exact) mass is 1300 g/mol. The number of carbonyl (C=O) groups excluding carboxylic acids is 4. The molecule has 0 rings (SSSR count). The van der Waals surface area contributed by atoms with Gasteiger partial charge in [0.05, 0.1) is 26.4 Å². The van der Waals surface area contributed by atoms with Gasteiger partial charge in [0, 0.05) is 25.7 Å². The Balaban J connectivity index is 5.22. The van der Waals surface area contributed by atoms with Crippen molar-refractivity contribution in [3.63, 3.8) is 0 Å². The van der Waals surface area contributed by atoms with Crippen LogP contribution in [0.2, 0.25) is 0 Å². The van der Waals surface area contributed by atoms with Crippen LogP contribution in [0.1, 0.15) is 350 Å². The van der Waals surface area contributed by atoms with Gasteiger partial charge in [-0.2, -0.15) is 0 Å². The fourth-order valence-electron chi connectivity index (χ4n) is 10.4. The molecule has 0 aliphatic carbocycles. The molecule has 0 radical (unpaired) electrons. The third kappa shape index (κ3) is 61.6. The Morgan fingerprint density at radius 1 is 0.330 bits per heavy atom. The number of esters is 4. The second kappa shape index (κ2) is 61.3. The van der Waals surface area contributed by atoms with Crippen LogP contribution in [-0.4, -0.2) is 96.7 Å². The molecule has 3 unspecified atom stereocenters.